The number of hydrogen-bond acceptors (Lipinski definition) is 4. The molecule has 4 nitrogen and oxygen atoms in total. The van der Waals surface area contributed by atoms with Crippen LogP contribution in [0.3, 0.4) is 0 Å². The highest BCUT2D eigenvalue weighted by Gasteiger charge is 2.45. The fraction of sp³-hybridized carbons (Fsp3) is 0.611. The molecule has 0 bridgehead atoms. The van der Waals surface area contributed by atoms with Crippen molar-refractivity contribution in [2.75, 3.05) is 27.7 Å². The summed E-state index contributed by atoms with van der Waals surface area (Å²) in [5, 5.41) is 0. The van der Waals surface area contributed by atoms with Gasteiger partial charge in [0.1, 0.15) is 11.4 Å². The van der Waals surface area contributed by atoms with E-state index in [-0.39, 0.29) is 5.97 Å². The predicted molar refractivity (Wildman–Crippen MR) is 87.0 cm³/mol. The Morgan fingerprint density at radius 1 is 1.36 bits per heavy atom. The molecule has 122 valence electrons. The van der Waals surface area contributed by atoms with Crippen LogP contribution in [0.25, 0.3) is 0 Å². The van der Waals surface area contributed by atoms with Gasteiger partial charge in [-0.15, -0.1) is 0 Å². The Morgan fingerprint density at radius 3 is 2.77 bits per heavy atom. The zero-order chi connectivity index (χ0) is 16.2. The zero-order valence-corrected chi connectivity index (χ0v) is 14.1. The van der Waals surface area contributed by atoms with Crippen molar-refractivity contribution in [3.63, 3.8) is 0 Å². The van der Waals surface area contributed by atoms with Crippen molar-refractivity contribution in [1.82, 2.24) is 4.90 Å². The van der Waals surface area contributed by atoms with Crippen molar-refractivity contribution < 1.29 is 14.3 Å². The van der Waals surface area contributed by atoms with Gasteiger partial charge in [-0.1, -0.05) is 18.6 Å². The summed E-state index contributed by atoms with van der Waals surface area (Å²) in [6.45, 7) is 2.41. The van der Waals surface area contributed by atoms with E-state index in [1.54, 1.807) is 7.11 Å². The monoisotopic (exact) mass is 305 g/mol. The fourth-order valence-electron chi connectivity index (χ4n) is 3.61. The Kier molecular flexibility index (Phi) is 5.46. The van der Waals surface area contributed by atoms with E-state index in [4.69, 9.17) is 9.47 Å². The van der Waals surface area contributed by atoms with Crippen molar-refractivity contribution in [2.24, 2.45) is 5.92 Å². The maximum absolute atomic E-state index is 11.8. The summed E-state index contributed by atoms with van der Waals surface area (Å²) in [5.41, 5.74) is 0.511. The molecule has 0 unspecified atom stereocenters. The molecule has 1 aliphatic carbocycles. The molecule has 2 atom stereocenters. The predicted octanol–water partition coefficient (Wildman–Crippen LogP) is 3.21. The van der Waals surface area contributed by atoms with Crippen molar-refractivity contribution >= 4 is 5.97 Å². The maximum Gasteiger partial charge on any atom is 0.303 e. The van der Waals surface area contributed by atoms with Crippen molar-refractivity contribution in [3.8, 4) is 5.75 Å². The summed E-state index contributed by atoms with van der Waals surface area (Å²) in [5.74, 6) is 0.888. The summed E-state index contributed by atoms with van der Waals surface area (Å²) in [6.07, 6.45) is 4.21. The molecule has 0 amide bonds. The molecule has 1 saturated carbocycles. The van der Waals surface area contributed by atoms with Gasteiger partial charge in [0.05, 0.1) is 7.11 Å². The van der Waals surface area contributed by atoms with Crippen LogP contribution in [-0.4, -0.2) is 38.6 Å². The van der Waals surface area contributed by atoms with E-state index in [2.05, 4.69) is 25.1 Å². The third kappa shape index (κ3) is 3.61. The number of benzene rings is 1. The number of nitrogens with zero attached hydrogens (tertiary/aromatic N) is 1. The van der Waals surface area contributed by atoms with Crippen LogP contribution in [0.1, 0.15) is 38.2 Å². The van der Waals surface area contributed by atoms with Crippen LogP contribution in [0.4, 0.5) is 0 Å². The molecule has 0 saturated heterocycles. The molecular weight excluding hydrogens is 278 g/mol. The van der Waals surface area contributed by atoms with Crippen LogP contribution in [0.2, 0.25) is 0 Å². The first kappa shape index (κ1) is 16.8. The summed E-state index contributed by atoms with van der Waals surface area (Å²) < 4.78 is 11.3. The number of esters is 1. The van der Waals surface area contributed by atoms with Crippen LogP contribution in [0.15, 0.2) is 24.3 Å². The molecule has 4 heteroatoms. The molecule has 0 N–H and O–H groups in total. The standard InChI is InChI=1S/C18H27NO3/c1-14(20)22-18(15-9-7-10-17(12-15)21-4)11-6-5-8-16(18)13-19(2)3/h7,9-10,12,16H,5-6,8,11,13H2,1-4H3/t16-,18-/m0/s1. The summed E-state index contributed by atoms with van der Waals surface area (Å²) >= 11 is 0. The minimum Gasteiger partial charge on any atom is -0.497 e. The first-order chi connectivity index (χ1) is 10.5. The van der Waals surface area contributed by atoms with Gasteiger partial charge in [0.2, 0.25) is 0 Å². The van der Waals surface area contributed by atoms with E-state index < -0.39 is 5.60 Å². The highest BCUT2D eigenvalue weighted by molar-refractivity contribution is 5.67. The molecule has 1 aromatic carbocycles. The second-order valence-electron chi connectivity index (χ2n) is 6.42. The van der Waals surface area contributed by atoms with Crippen LogP contribution < -0.4 is 4.74 Å². The van der Waals surface area contributed by atoms with Crippen LogP contribution in [0.5, 0.6) is 5.75 Å². The zero-order valence-electron chi connectivity index (χ0n) is 14.1. The average molecular weight is 305 g/mol. The molecule has 0 aliphatic heterocycles. The SMILES string of the molecule is COc1cccc([C@@]2(OC(C)=O)CCCC[C@H]2CN(C)C)c1. The second-order valence-corrected chi connectivity index (χ2v) is 6.42. The number of ether oxygens (including phenoxy) is 2. The van der Waals surface area contributed by atoms with Crippen LogP contribution in [-0.2, 0) is 15.1 Å². The summed E-state index contributed by atoms with van der Waals surface area (Å²) in [6, 6.07) is 7.96. The number of methoxy groups -OCH3 is 1. The molecular formula is C18H27NO3. The fourth-order valence-corrected chi connectivity index (χ4v) is 3.61. The first-order valence-corrected chi connectivity index (χ1v) is 7.97. The van der Waals surface area contributed by atoms with Gasteiger partial charge >= 0.3 is 5.97 Å². The van der Waals surface area contributed by atoms with Gasteiger partial charge < -0.3 is 14.4 Å². The van der Waals surface area contributed by atoms with E-state index >= 15 is 0 Å². The quantitative estimate of drug-likeness (QED) is 0.783. The van der Waals surface area contributed by atoms with Gasteiger partial charge in [0.25, 0.3) is 0 Å². The molecule has 1 aromatic rings. The van der Waals surface area contributed by atoms with E-state index in [0.29, 0.717) is 5.92 Å². The number of carbonyl (C=O) groups excluding carboxylic acids is 1. The summed E-state index contributed by atoms with van der Waals surface area (Å²) in [4.78, 5) is 14.0. The Labute approximate surface area is 133 Å². The molecule has 1 fully saturated rings. The lowest BCUT2D eigenvalue weighted by Gasteiger charge is -2.44. The third-order valence-electron chi connectivity index (χ3n) is 4.48. The Balaban J connectivity index is 2.45. The van der Waals surface area contributed by atoms with Crippen LogP contribution in [0, 0.1) is 5.92 Å². The molecule has 2 rings (SSSR count). The average Bonchev–Trinajstić information content (AvgIpc) is 2.48. The third-order valence-corrected chi connectivity index (χ3v) is 4.48. The topological polar surface area (TPSA) is 38.8 Å². The molecule has 0 spiro atoms. The minimum absolute atomic E-state index is 0.214. The lowest BCUT2D eigenvalue weighted by atomic mass is 9.71. The minimum atomic E-state index is -0.539. The lowest BCUT2D eigenvalue weighted by Crippen LogP contribution is -2.46. The molecule has 0 radical (unpaired) electrons. The first-order valence-electron chi connectivity index (χ1n) is 7.97. The van der Waals surface area contributed by atoms with Gasteiger partial charge in [0, 0.05) is 19.4 Å². The van der Waals surface area contributed by atoms with Gasteiger partial charge in [-0.2, -0.15) is 0 Å². The smallest absolute Gasteiger partial charge is 0.303 e. The van der Waals surface area contributed by atoms with E-state index in [0.717, 1.165) is 37.1 Å². The van der Waals surface area contributed by atoms with Gasteiger partial charge in [-0.3, -0.25) is 4.79 Å². The van der Waals surface area contributed by atoms with Crippen molar-refractivity contribution in [3.05, 3.63) is 29.8 Å². The highest BCUT2D eigenvalue weighted by Crippen LogP contribution is 2.46. The molecule has 0 heterocycles. The lowest BCUT2D eigenvalue weighted by molar-refractivity contribution is -0.171. The van der Waals surface area contributed by atoms with E-state index in [1.165, 1.54) is 13.3 Å². The molecule has 22 heavy (non-hydrogen) atoms. The Hall–Kier alpha value is -1.55. The number of rotatable bonds is 5. The number of hydrogen-bond donors (Lipinski definition) is 0. The van der Waals surface area contributed by atoms with E-state index in [9.17, 15) is 4.79 Å². The Morgan fingerprint density at radius 2 is 2.14 bits per heavy atom. The molecule has 0 aromatic heterocycles. The van der Waals surface area contributed by atoms with Gasteiger partial charge in [-0.05, 0) is 51.1 Å². The van der Waals surface area contributed by atoms with Gasteiger partial charge in [-0.25, -0.2) is 0 Å². The van der Waals surface area contributed by atoms with E-state index in [1.807, 2.05) is 18.2 Å². The normalized spacial score (nSPS) is 25.0. The number of carbonyl (C=O) groups is 1. The molecule has 1 aliphatic rings. The van der Waals surface area contributed by atoms with Crippen molar-refractivity contribution in [1.29, 1.82) is 0 Å². The maximum atomic E-state index is 11.8. The summed E-state index contributed by atoms with van der Waals surface area (Å²) in [7, 11) is 5.80. The van der Waals surface area contributed by atoms with Gasteiger partial charge in [0.15, 0.2) is 0 Å². The Bertz CT molecular complexity index is 515. The second kappa shape index (κ2) is 7.14. The highest BCUT2D eigenvalue weighted by atomic mass is 16.6. The van der Waals surface area contributed by atoms with Crippen LogP contribution >= 0.6 is 0 Å². The van der Waals surface area contributed by atoms with Crippen molar-refractivity contribution in [2.45, 2.75) is 38.2 Å². The largest absolute Gasteiger partial charge is 0.497 e.